The zero-order valence-corrected chi connectivity index (χ0v) is 17.7. The monoisotopic (exact) mass is 413 g/mol. The molecule has 1 aliphatic heterocycles. The largest absolute Gasteiger partial charge is 0.362 e. The van der Waals surface area contributed by atoms with Crippen LogP contribution in [0.3, 0.4) is 0 Å². The minimum Gasteiger partial charge on any atom is -0.362 e. The van der Waals surface area contributed by atoms with Crippen molar-refractivity contribution in [1.82, 2.24) is 15.5 Å². The van der Waals surface area contributed by atoms with Gasteiger partial charge in [-0.25, -0.2) is 0 Å². The Morgan fingerprint density at radius 3 is 2.57 bits per heavy atom. The molecule has 28 heavy (non-hydrogen) atoms. The number of hydrogen-bond donors (Lipinski definition) is 2. The number of benzene rings is 2. The number of hydrogen-bond acceptors (Lipinski definition) is 3. The van der Waals surface area contributed by atoms with Gasteiger partial charge in [0.1, 0.15) is 0 Å². The summed E-state index contributed by atoms with van der Waals surface area (Å²) < 4.78 is 0. The second-order valence-electron chi connectivity index (χ2n) is 6.82. The van der Waals surface area contributed by atoms with Crippen LogP contribution in [-0.4, -0.2) is 41.3 Å². The van der Waals surface area contributed by atoms with E-state index >= 15 is 0 Å². The molecule has 1 saturated heterocycles. The number of rotatable bonds is 7. The van der Waals surface area contributed by atoms with Gasteiger partial charge in [0, 0.05) is 42.4 Å². The van der Waals surface area contributed by atoms with Crippen molar-refractivity contribution in [2.75, 3.05) is 25.4 Å². The van der Waals surface area contributed by atoms with E-state index < -0.39 is 0 Å². The Morgan fingerprint density at radius 2 is 1.79 bits per heavy atom. The molecule has 1 amide bonds. The molecule has 2 aromatic carbocycles. The van der Waals surface area contributed by atoms with Crippen LogP contribution in [0.1, 0.15) is 35.2 Å². The number of nitrogens with zero attached hydrogens (tertiary/aromatic N) is 1. The van der Waals surface area contributed by atoms with E-state index in [9.17, 15) is 4.79 Å². The van der Waals surface area contributed by atoms with Crippen LogP contribution in [0, 0.1) is 0 Å². The molecule has 2 N–H and O–H groups in total. The summed E-state index contributed by atoms with van der Waals surface area (Å²) in [6.45, 7) is 3.16. The molecule has 4 nitrogen and oxygen atoms in total. The number of nitrogens with one attached hydrogen (secondary N) is 2. The molecule has 3 rings (SSSR count). The first-order valence-corrected chi connectivity index (χ1v) is 11.2. The molecule has 148 valence electrons. The Balaban J connectivity index is 1.40. The summed E-state index contributed by atoms with van der Waals surface area (Å²) in [5.41, 5.74) is 1.82. The number of piperidine rings is 1. The topological polar surface area (TPSA) is 44.4 Å². The van der Waals surface area contributed by atoms with Gasteiger partial charge < -0.3 is 15.5 Å². The number of carbonyl (C=O) groups is 1. The molecule has 1 heterocycles. The third kappa shape index (κ3) is 6.53. The molecule has 0 aromatic heterocycles. The number of thiocarbonyl (C=S) groups is 1. The first-order valence-electron chi connectivity index (χ1n) is 9.80. The summed E-state index contributed by atoms with van der Waals surface area (Å²) in [5, 5.41) is 7.11. The van der Waals surface area contributed by atoms with E-state index in [-0.39, 0.29) is 5.91 Å². The Morgan fingerprint density at radius 1 is 1.00 bits per heavy atom. The predicted molar refractivity (Wildman–Crippen MR) is 121 cm³/mol. The van der Waals surface area contributed by atoms with E-state index in [0.29, 0.717) is 11.7 Å². The van der Waals surface area contributed by atoms with Gasteiger partial charge in [0.15, 0.2) is 5.11 Å². The molecule has 0 bridgehead atoms. The Bertz CT molecular complexity index is 776. The first kappa shape index (κ1) is 20.7. The van der Waals surface area contributed by atoms with Crippen molar-refractivity contribution in [3.05, 3.63) is 65.7 Å². The standard InChI is InChI=1S/C22H27N3OS2/c26-21(25-13-5-2-6-14-25)19-9-7-8-18(16-19)17-24-22(27)23-12-15-28-20-10-3-1-4-11-20/h1,3-4,7-11,16H,2,5-6,12-15,17H2,(H2,23,24,27). The van der Waals surface area contributed by atoms with Crippen LogP contribution in [0.5, 0.6) is 0 Å². The van der Waals surface area contributed by atoms with Crippen LogP contribution in [0.25, 0.3) is 0 Å². The average molecular weight is 414 g/mol. The lowest BCUT2D eigenvalue weighted by Crippen LogP contribution is -2.36. The van der Waals surface area contributed by atoms with E-state index in [1.54, 1.807) is 11.8 Å². The van der Waals surface area contributed by atoms with Crippen LogP contribution >= 0.6 is 24.0 Å². The number of amides is 1. The minimum atomic E-state index is 0.139. The first-order chi connectivity index (χ1) is 13.7. The molecule has 0 aliphatic carbocycles. The summed E-state index contributed by atoms with van der Waals surface area (Å²) in [7, 11) is 0. The maximum absolute atomic E-state index is 12.6. The molecule has 0 saturated carbocycles. The fraction of sp³-hybridized carbons (Fsp3) is 0.364. The SMILES string of the molecule is O=C(c1cccc(CNC(=S)NCCSc2ccccc2)c1)N1CCCCC1. The number of likely N-dealkylation sites (tertiary alicyclic amines) is 1. The van der Waals surface area contributed by atoms with Gasteiger partial charge in [-0.05, 0) is 61.3 Å². The predicted octanol–water partition coefficient (Wildman–Crippen LogP) is 4.07. The second-order valence-corrected chi connectivity index (χ2v) is 8.40. The molecule has 0 unspecified atom stereocenters. The van der Waals surface area contributed by atoms with Gasteiger partial charge in [-0.1, -0.05) is 30.3 Å². The molecule has 6 heteroatoms. The van der Waals surface area contributed by atoms with Crippen molar-refractivity contribution < 1.29 is 4.79 Å². The highest BCUT2D eigenvalue weighted by atomic mass is 32.2. The highest BCUT2D eigenvalue weighted by Gasteiger charge is 2.18. The van der Waals surface area contributed by atoms with Gasteiger partial charge in [0.25, 0.3) is 5.91 Å². The highest BCUT2D eigenvalue weighted by Crippen LogP contribution is 2.16. The molecule has 0 radical (unpaired) electrons. The molecule has 0 atom stereocenters. The zero-order chi connectivity index (χ0) is 19.6. The van der Waals surface area contributed by atoms with Gasteiger partial charge in [-0.3, -0.25) is 4.79 Å². The van der Waals surface area contributed by atoms with Gasteiger partial charge >= 0.3 is 0 Å². The number of carbonyl (C=O) groups excluding carboxylic acids is 1. The molecular formula is C22H27N3OS2. The van der Waals surface area contributed by atoms with Gasteiger partial charge in [-0.2, -0.15) is 0 Å². The maximum Gasteiger partial charge on any atom is 0.253 e. The van der Waals surface area contributed by atoms with Crippen molar-refractivity contribution in [2.45, 2.75) is 30.7 Å². The van der Waals surface area contributed by atoms with Gasteiger partial charge in [0.05, 0.1) is 0 Å². The van der Waals surface area contributed by atoms with Crippen LogP contribution in [0.2, 0.25) is 0 Å². The minimum absolute atomic E-state index is 0.139. The summed E-state index contributed by atoms with van der Waals surface area (Å²) >= 11 is 7.17. The fourth-order valence-electron chi connectivity index (χ4n) is 3.19. The Kier molecular flexibility index (Phi) is 8.18. The lowest BCUT2D eigenvalue weighted by molar-refractivity contribution is 0.0724. The molecule has 2 aromatic rings. The van der Waals surface area contributed by atoms with Crippen molar-refractivity contribution in [1.29, 1.82) is 0 Å². The average Bonchev–Trinajstić information content (AvgIpc) is 2.76. The lowest BCUT2D eigenvalue weighted by Gasteiger charge is -2.26. The summed E-state index contributed by atoms with van der Waals surface area (Å²) in [5.74, 6) is 1.09. The second kappa shape index (κ2) is 11.1. The normalized spacial score (nSPS) is 13.8. The van der Waals surface area contributed by atoms with Crippen LogP contribution in [0.4, 0.5) is 0 Å². The Hall–Kier alpha value is -2.05. The van der Waals surface area contributed by atoms with Crippen LogP contribution in [-0.2, 0) is 6.54 Å². The number of thioether (sulfide) groups is 1. The van der Waals surface area contributed by atoms with E-state index in [1.165, 1.54) is 11.3 Å². The summed E-state index contributed by atoms with van der Waals surface area (Å²) in [6.07, 6.45) is 3.44. The Labute approximate surface area is 177 Å². The quantitative estimate of drug-likeness (QED) is 0.407. The lowest BCUT2D eigenvalue weighted by atomic mass is 10.1. The van der Waals surface area contributed by atoms with Crippen molar-refractivity contribution in [3.8, 4) is 0 Å². The van der Waals surface area contributed by atoms with Crippen molar-refractivity contribution in [3.63, 3.8) is 0 Å². The van der Waals surface area contributed by atoms with Gasteiger partial charge in [-0.15, -0.1) is 11.8 Å². The molecular weight excluding hydrogens is 386 g/mol. The third-order valence-electron chi connectivity index (χ3n) is 4.67. The van der Waals surface area contributed by atoms with Crippen LogP contribution in [0.15, 0.2) is 59.5 Å². The summed E-state index contributed by atoms with van der Waals surface area (Å²) in [6, 6.07) is 18.2. The van der Waals surface area contributed by atoms with Crippen molar-refractivity contribution >= 4 is 35.0 Å². The maximum atomic E-state index is 12.6. The molecule has 1 aliphatic rings. The molecule has 0 spiro atoms. The van der Waals surface area contributed by atoms with Crippen molar-refractivity contribution in [2.24, 2.45) is 0 Å². The van der Waals surface area contributed by atoms with E-state index in [2.05, 4.69) is 22.8 Å². The van der Waals surface area contributed by atoms with E-state index in [1.807, 2.05) is 47.4 Å². The van der Waals surface area contributed by atoms with Crippen LogP contribution < -0.4 is 10.6 Å². The third-order valence-corrected chi connectivity index (χ3v) is 5.97. The molecule has 1 fully saturated rings. The zero-order valence-electron chi connectivity index (χ0n) is 16.0. The summed E-state index contributed by atoms with van der Waals surface area (Å²) in [4.78, 5) is 15.9. The van der Waals surface area contributed by atoms with Gasteiger partial charge in [0.2, 0.25) is 0 Å². The highest BCUT2D eigenvalue weighted by molar-refractivity contribution is 7.99. The van der Waals surface area contributed by atoms with E-state index in [0.717, 1.165) is 49.4 Å². The fourth-order valence-corrected chi connectivity index (χ4v) is 4.15. The van der Waals surface area contributed by atoms with E-state index in [4.69, 9.17) is 12.2 Å². The smallest absolute Gasteiger partial charge is 0.253 e.